The van der Waals surface area contributed by atoms with Crippen LogP contribution in [0.25, 0.3) is 5.69 Å². The van der Waals surface area contributed by atoms with Gasteiger partial charge in [0.25, 0.3) is 5.91 Å². The molecule has 0 atom stereocenters. The Morgan fingerprint density at radius 2 is 1.86 bits per heavy atom. The van der Waals surface area contributed by atoms with E-state index in [0.717, 1.165) is 41.8 Å². The van der Waals surface area contributed by atoms with E-state index in [9.17, 15) is 13.2 Å². The molecule has 1 aliphatic carbocycles. The van der Waals surface area contributed by atoms with E-state index in [2.05, 4.69) is 15.1 Å². The van der Waals surface area contributed by atoms with Crippen molar-refractivity contribution in [2.45, 2.75) is 31.1 Å². The van der Waals surface area contributed by atoms with Gasteiger partial charge in [-0.3, -0.25) is 4.79 Å². The molecule has 150 valence electrons. The number of aryl methyl sites for hydroxylation is 1. The molecule has 0 saturated carbocycles. The quantitative estimate of drug-likeness (QED) is 0.676. The number of amides is 1. The summed E-state index contributed by atoms with van der Waals surface area (Å²) in [7, 11) is -2.24. The van der Waals surface area contributed by atoms with Gasteiger partial charge in [-0.05, 0) is 63.6 Å². The summed E-state index contributed by atoms with van der Waals surface area (Å²) in [6.07, 6.45) is 2.66. The smallest absolute Gasteiger partial charge is 0.276 e. The lowest BCUT2D eigenvalue weighted by molar-refractivity contribution is 0.102. The number of hydrogen-bond acceptors (Lipinski definition) is 4. The Hall–Kier alpha value is -2.97. The summed E-state index contributed by atoms with van der Waals surface area (Å²) in [5.41, 5.74) is 4.90. The summed E-state index contributed by atoms with van der Waals surface area (Å²) in [6, 6.07) is 14.2. The average molecular weight is 410 g/mol. The van der Waals surface area contributed by atoms with Crippen LogP contribution < -0.4 is 10.0 Å². The highest BCUT2D eigenvalue weighted by molar-refractivity contribution is 7.89. The van der Waals surface area contributed by atoms with Crippen LogP contribution in [-0.4, -0.2) is 31.2 Å². The largest absolute Gasteiger partial charge is 0.321 e. The van der Waals surface area contributed by atoms with Gasteiger partial charge in [-0.25, -0.2) is 17.8 Å². The number of carbonyl (C=O) groups excluding carboxylic acids is 1. The average Bonchev–Trinajstić information content (AvgIpc) is 3.32. The number of carbonyl (C=O) groups is 1. The minimum atomic E-state index is -3.59. The maximum Gasteiger partial charge on any atom is 0.276 e. The van der Waals surface area contributed by atoms with Crippen molar-refractivity contribution in [1.29, 1.82) is 0 Å². The van der Waals surface area contributed by atoms with Gasteiger partial charge in [0.1, 0.15) is 0 Å². The molecule has 2 aromatic carbocycles. The fourth-order valence-electron chi connectivity index (χ4n) is 3.57. The maximum absolute atomic E-state index is 13.0. The second-order valence-electron chi connectivity index (χ2n) is 7.06. The summed E-state index contributed by atoms with van der Waals surface area (Å²) < 4.78 is 28.1. The van der Waals surface area contributed by atoms with Gasteiger partial charge in [0, 0.05) is 16.9 Å². The van der Waals surface area contributed by atoms with Gasteiger partial charge in [0.05, 0.1) is 10.6 Å². The van der Waals surface area contributed by atoms with Gasteiger partial charge in [0.2, 0.25) is 10.0 Å². The lowest BCUT2D eigenvalue weighted by Gasteiger charge is -2.08. The second-order valence-corrected chi connectivity index (χ2v) is 8.95. The fraction of sp³-hybridized carbons (Fsp3) is 0.238. The van der Waals surface area contributed by atoms with E-state index in [4.69, 9.17) is 0 Å². The molecule has 1 aromatic heterocycles. The van der Waals surface area contributed by atoms with Crippen LogP contribution in [0, 0.1) is 6.92 Å². The standard InChI is InChI=1S/C21H22N4O3S/c1-14-9-11-16(12-10-14)25-19-8-4-7-18(19)20(24-25)21(26)23-15-5-3-6-17(13-15)29(27,28)22-2/h3,5-6,9-13,22H,4,7-8H2,1-2H3,(H,23,26). The van der Waals surface area contributed by atoms with Crippen molar-refractivity contribution in [3.8, 4) is 5.69 Å². The van der Waals surface area contributed by atoms with Gasteiger partial charge in [0.15, 0.2) is 5.69 Å². The van der Waals surface area contributed by atoms with Crippen molar-refractivity contribution in [3.05, 3.63) is 71.0 Å². The van der Waals surface area contributed by atoms with Crippen molar-refractivity contribution in [2.24, 2.45) is 0 Å². The number of rotatable bonds is 5. The Bertz CT molecular complexity index is 1180. The molecule has 4 rings (SSSR count). The van der Waals surface area contributed by atoms with Crippen LogP contribution in [0.2, 0.25) is 0 Å². The summed E-state index contributed by atoms with van der Waals surface area (Å²) in [5, 5.41) is 7.38. The van der Waals surface area contributed by atoms with Crippen LogP contribution in [0.15, 0.2) is 53.4 Å². The summed E-state index contributed by atoms with van der Waals surface area (Å²) >= 11 is 0. The Labute approximate surface area is 169 Å². The lowest BCUT2D eigenvalue weighted by atomic mass is 10.2. The number of aromatic nitrogens is 2. The minimum absolute atomic E-state index is 0.0909. The Kier molecular flexibility index (Phi) is 4.97. The summed E-state index contributed by atoms with van der Waals surface area (Å²) in [6.45, 7) is 2.03. The van der Waals surface area contributed by atoms with E-state index in [1.54, 1.807) is 12.1 Å². The molecular formula is C21H22N4O3S. The molecule has 0 fully saturated rings. The van der Waals surface area contributed by atoms with E-state index in [1.165, 1.54) is 19.2 Å². The van der Waals surface area contributed by atoms with Crippen molar-refractivity contribution < 1.29 is 13.2 Å². The van der Waals surface area contributed by atoms with E-state index in [0.29, 0.717) is 11.4 Å². The normalized spacial score (nSPS) is 13.3. The van der Waals surface area contributed by atoms with Gasteiger partial charge in [-0.2, -0.15) is 5.10 Å². The zero-order valence-electron chi connectivity index (χ0n) is 16.3. The van der Waals surface area contributed by atoms with Gasteiger partial charge < -0.3 is 5.32 Å². The van der Waals surface area contributed by atoms with Crippen molar-refractivity contribution in [3.63, 3.8) is 0 Å². The first-order valence-electron chi connectivity index (χ1n) is 9.42. The van der Waals surface area contributed by atoms with Crippen LogP contribution in [0.1, 0.15) is 33.7 Å². The van der Waals surface area contributed by atoms with Gasteiger partial charge >= 0.3 is 0 Å². The summed E-state index contributed by atoms with van der Waals surface area (Å²) in [4.78, 5) is 13.0. The number of anilines is 1. The number of hydrogen-bond donors (Lipinski definition) is 2. The van der Waals surface area contributed by atoms with E-state index < -0.39 is 10.0 Å². The predicted octanol–water partition coefficient (Wildman–Crippen LogP) is 2.83. The van der Waals surface area contributed by atoms with Crippen LogP contribution in [0.4, 0.5) is 5.69 Å². The molecule has 7 nitrogen and oxygen atoms in total. The van der Waals surface area contributed by atoms with Crippen molar-refractivity contribution >= 4 is 21.6 Å². The molecule has 0 bridgehead atoms. The lowest BCUT2D eigenvalue weighted by Crippen LogP contribution is -2.19. The number of nitrogens with zero attached hydrogens (tertiary/aromatic N) is 2. The molecule has 0 spiro atoms. The molecule has 0 aliphatic heterocycles. The zero-order chi connectivity index (χ0) is 20.6. The maximum atomic E-state index is 13.0. The Morgan fingerprint density at radius 1 is 1.10 bits per heavy atom. The molecular weight excluding hydrogens is 388 g/mol. The zero-order valence-corrected chi connectivity index (χ0v) is 17.1. The summed E-state index contributed by atoms with van der Waals surface area (Å²) in [5.74, 6) is -0.340. The molecule has 0 unspecified atom stereocenters. The SMILES string of the molecule is CNS(=O)(=O)c1cccc(NC(=O)c2nn(-c3ccc(C)cc3)c3c2CCC3)c1. The van der Waals surface area contributed by atoms with Crippen LogP contribution in [0.3, 0.4) is 0 Å². The van der Waals surface area contributed by atoms with E-state index in [-0.39, 0.29) is 10.8 Å². The monoisotopic (exact) mass is 410 g/mol. The van der Waals surface area contributed by atoms with Gasteiger partial charge in [-0.1, -0.05) is 23.8 Å². The predicted molar refractivity (Wildman–Crippen MR) is 111 cm³/mol. The van der Waals surface area contributed by atoms with E-state index >= 15 is 0 Å². The van der Waals surface area contributed by atoms with Crippen molar-refractivity contribution in [1.82, 2.24) is 14.5 Å². The highest BCUT2D eigenvalue weighted by Gasteiger charge is 2.27. The first-order valence-corrected chi connectivity index (χ1v) is 10.9. The molecule has 0 radical (unpaired) electrons. The number of nitrogens with one attached hydrogen (secondary N) is 2. The highest BCUT2D eigenvalue weighted by Crippen LogP contribution is 2.28. The van der Waals surface area contributed by atoms with Crippen molar-refractivity contribution in [2.75, 3.05) is 12.4 Å². The first kappa shape index (κ1) is 19.4. The molecule has 1 aliphatic rings. The minimum Gasteiger partial charge on any atom is -0.321 e. The molecule has 8 heteroatoms. The van der Waals surface area contributed by atoms with Crippen LogP contribution >= 0.6 is 0 Å². The molecule has 29 heavy (non-hydrogen) atoms. The third-order valence-corrected chi connectivity index (χ3v) is 6.51. The molecule has 1 amide bonds. The highest BCUT2D eigenvalue weighted by atomic mass is 32.2. The molecule has 1 heterocycles. The number of sulfonamides is 1. The Balaban J connectivity index is 1.66. The van der Waals surface area contributed by atoms with Crippen LogP contribution in [-0.2, 0) is 22.9 Å². The first-order chi connectivity index (χ1) is 13.9. The second kappa shape index (κ2) is 7.46. The molecule has 0 saturated heterocycles. The van der Waals surface area contributed by atoms with Gasteiger partial charge in [-0.15, -0.1) is 0 Å². The number of fused-ring (bicyclic) bond motifs is 1. The fourth-order valence-corrected chi connectivity index (χ4v) is 4.34. The Morgan fingerprint density at radius 3 is 2.59 bits per heavy atom. The third-order valence-electron chi connectivity index (χ3n) is 5.09. The molecule has 3 aromatic rings. The van der Waals surface area contributed by atoms with E-state index in [1.807, 2.05) is 35.9 Å². The number of benzene rings is 2. The third kappa shape index (κ3) is 3.68. The topological polar surface area (TPSA) is 93.1 Å². The molecule has 2 N–H and O–H groups in total. The van der Waals surface area contributed by atoms with Crippen LogP contribution in [0.5, 0.6) is 0 Å².